The third-order valence-corrected chi connectivity index (χ3v) is 5.25. The van der Waals surface area contributed by atoms with Crippen LogP contribution in [0.3, 0.4) is 0 Å². The van der Waals surface area contributed by atoms with Crippen LogP contribution >= 0.6 is 18.2 Å². The molecule has 0 aliphatic rings. The van der Waals surface area contributed by atoms with Crippen LogP contribution in [0.5, 0.6) is 0 Å². The molecule has 8 heteroatoms. The van der Waals surface area contributed by atoms with Crippen molar-refractivity contribution in [1.29, 1.82) is 0 Å². The van der Waals surface area contributed by atoms with Gasteiger partial charge in [0.25, 0.3) is 0 Å². The predicted octanol–water partition coefficient (Wildman–Crippen LogP) is 6.62. The topological polar surface area (TPSA) is 76.1 Å². The Morgan fingerprint density at radius 1 is 1.03 bits per heavy atom. The molecule has 0 aromatic heterocycles. The Hall–Kier alpha value is -1.07. The molecule has 0 spiro atoms. The minimum Gasteiger partial charge on any atom is -0.379 e. The zero-order chi connectivity index (χ0) is 21.5. The van der Waals surface area contributed by atoms with Crippen LogP contribution in [-0.4, -0.2) is 23.5 Å². The Morgan fingerprint density at radius 3 is 2.07 bits per heavy atom. The van der Waals surface area contributed by atoms with E-state index in [2.05, 4.69) is 11.4 Å². The van der Waals surface area contributed by atoms with Crippen molar-refractivity contribution in [3.05, 3.63) is 30.3 Å². The summed E-state index contributed by atoms with van der Waals surface area (Å²) in [6.45, 7) is -0.206. The number of hydrogen-bond donors (Lipinski definition) is 1. The van der Waals surface area contributed by atoms with Gasteiger partial charge in [-0.1, -0.05) is 82.9 Å². The molecule has 1 rings (SSSR count). The summed E-state index contributed by atoms with van der Waals surface area (Å²) in [6.07, 6.45) is 12.2. The number of carbonyl (C=O) groups excluding carboxylic acids is 1. The third-order valence-electron chi connectivity index (χ3n) is 4.63. The molecule has 0 amide bonds. The van der Waals surface area contributed by atoms with Gasteiger partial charge in [-0.15, -0.1) is 0 Å². The molecule has 0 aliphatic carbocycles. The first-order chi connectivity index (χ1) is 13.8. The Balaban J connectivity index is 2.38. The molecule has 166 valence electrons. The molecule has 29 heavy (non-hydrogen) atoms. The Bertz CT molecular complexity index is 610. The van der Waals surface area contributed by atoms with Gasteiger partial charge in [-0.25, -0.2) is 14.4 Å². The van der Waals surface area contributed by atoms with Crippen molar-refractivity contribution >= 4 is 29.8 Å². The highest BCUT2D eigenvalue weighted by Crippen LogP contribution is 2.48. The normalized spacial score (nSPS) is 14.2. The average Bonchev–Trinajstić information content (AvgIpc) is 2.68. The van der Waals surface area contributed by atoms with Crippen LogP contribution in [0.15, 0.2) is 30.3 Å². The van der Waals surface area contributed by atoms with Gasteiger partial charge in [-0.3, -0.25) is 4.84 Å². The molecule has 0 fully saturated rings. The highest BCUT2D eigenvalue weighted by molar-refractivity contribution is 7.80. The maximum absolute atomic E-state index is 12.1. The Kier molecular flexibility index (Phi) is 13.3. The number of para-hydroxylation sites is 1. The number of hydroxylamine groups is 1. The SMILES string of the molecule is CCCCCCCCCCCCON(c1ccccc1)C(C)C(=O)OP(=O)(O)Cl. The molecule has 1 aromatic rings. The summed E-state index contributed by atoms with van der Waals surface area (Å²) < 4.78 is 15.6. The van der Waals surface area contributed by atoms with Crippen molar-refractivity contribution in [1.82, 2.24) is 0 Å². The predicted molar refractivity (Wildman–Crippen MR) is 118 cm³/mol. The van der Waals surface area contributed by atoms with Crippen molar-refractivity contribution in [2.75, 3.05) is 11.7 Å². The summed E-state index contributed by atoms with van der Waals surface area (Å²) in [7, 11) is 0. The number of benzene rings is 1. The Labute approximate surface area is 179 Å². The molecule has 0 saturated carbocycles. The van der Waals surface area contributed by atoms with Crippen molar-refractivity contribution in [3.63, 3.8) is 0 Å². The van der Waals surface area contributed by atoms with E-state index in [4.69, 9.17) is 21.0 Å². The molecule has 2 atom stereocenters. The van der Waals surface area contributed by atoms with Crippen LogP contribution in [0.1, 0.15) is 78.1 Å². The maximum atomic E-state index is 12.1. The first kappa shape index (κ1) is 26.0. The number of rotatable bonds is 16. The van der Waals surface area contributed by atoms with Crippen LogP contribution in [-0.2, 0) is 18.7 Å². The van der Waals surface area contributed by atoms with E-state index in [0.717, 1.165) is 12.8 Å². The third kappa shape index (κ3) is 12.3. The van der Waals surface area contributed by atoms with Crippen molar-refractivity contribution < 1.29 is 23.6 Å². The number of halogens is 1. The van der Waals surface area contributed by atoms with E-state index in [-0.39, 0.29) is 0 Å². The van der Waals surface area contributed by atoms with Crippen molar-refractivity contribution in [3.8, 4) is 0 Å². The monoisotopic (exact) mass is 447 g/mol. The first-order valence-corrected chi connectivity index (χ1v) is 13.1. The van der Waals surface area contributed by atoms with Crippen LogP contribution < -0.4 is 5.06 Å². The summed E-state index contributed by atoms with van der Waals surface area (Å²) in [6, 6.07) is 8.17. The fourth-order valence-electron chi connectivity index (χ4n) is 3.02. The molecule has 0 aliphatic heterocycles. The second-order valence-corrected chi connectivity index (χ2v) is 9.58. The van der Waals surface area contributed by atoms with E-state index in [1.54, 1.807) is 19.1 Å². The summed E-state index contributed by atoms with van der Waals surface area (Å²) in [5, 5.41) is 1.41. The van der Waals surface area contributed by atoms with Gasteiger partial charge >= 0.3 is 12.9 Å². The number of anilines is 1. The van der Waals surface area contributed by atoms with Gasteiger partial charge in [0.1, 0.15) is 0 Å². The number of carbonyl (C=O) groups is 1. The zero-order valence-electron chi connectivity index (χ0n) is 17.6. The summed E-state index contributed by atoms with van der Waals surface area (Å²) in [5.41, 5.74) is 0.659. The minimum absolute atomic E-state index is 0.445. The number of hydrogen-bond acceptors (Lipinski definition) is 5. The van der Waals surface area contributed by atoms with E-state index < -0.39 is 19.0 Å². The van der Waals surface area contributed by atoms with E-state index in [0.29, 0.717) is 12.3 Å². The summed E-state index contributed by atoms with van der Waals surface area (Å²) in [5.74, 6) is -0.919. The summed E-state index contributed by atoms with van der Waals surface area (Å²) in [4.78, 5) is 27.0. The van der Waals surface area contributed by atoms with Gasteiger partial charge in [0.2, 0.25) is 0 Å². The lowest BCUT2D eigenvalue weighted by Gasteiger charge is -2.28. The van der Waals surface area contributed by atoms with Gasteiger partial charge in [-0.2, -0.15) is 0 Å². The van der Waals surface area contributed by atoms with E-state index in [9.17, 15) is 9.36 Å². The number of nitrogens with zero attached hydrogens (tertiary/aromatic N) is 1. The molecule has 1 N–H and O–H groups in total. The van der Waals surface area contributed by atoms with Crippen molar-refractivity contribution in [2.24, 2.45) is 0 Å². The number of unbranched alkanes of at least 4 members (excludes halogenated alkanes) is 9. The van der Waals surface area contributed by atoms with Crippen LogP contribution in [0.4, 0.5) is 5.69 Å². The lowest BCUT2D eigenvalue weighted by molar-refractivity contribution is -0.137. The van der Waals surface area contributed by atoms with Gasteiger partial charge in [-0.05, 0) is 25.5 Å². The first-order valence-electron chi connectivity index (χ1n) is 10.6. The minimum atomic E-state index is -4.42. The molecule has 0 bridgehead atoms. The average molecular weight is 448 g/mol. The molecular weight excluding hydrogens is 413 g/mol. The fourth-order valence-corrected chi connectivity index (χ4v) is 3.60. The fraction of sp³-hybridized carbons (Fsp3) is 0.667. The van der Waals surface area contributed by atoms with Crippen LogP contribution in [0.2, 0.25) is 0 Å². The zero-order valence-corrected chi connectivity index (χ0v) is 19.2. The van der Waals surface area contributed by atoms with E-state index in [1.165, 1.54) is 56.4 Å². The van der Waals surface area contributed by atoms with Gasteiger partial charge in [0, 0.05) is 11.2 Å². The molecule has 1 aromatic carbocycles. The quantitative estimate of drug-likeness (QED) is 0.174. The molecule has 0 heterocycles. The van der Waals surface area contributed by atoms with Crippen LogP contribution in [0.25, 0.3) is 0 Å². The van der Waals surface area contributed by atoms with Crippen molar-refractivity contribution in [2.45, 2.75) is 84.1 Å². The van der Waals surface area contributed by atoms with Gasteiger partial charge < -0.3 is 9.42 Å². The highest BCUT2D eigenvalue weighted by atomic mass is 35.7. The second-order valence-electron chi connectivity index (χ2n) is 7.21. The standard InChI is InChI=1S/C21H35ClNO5P/c1-3-4-5-6-7-8-9-10-11-15-18-27-23(20-16-13-12-14-17-20)19(2)21(24)28-29(22,25)26/h12-14,16-17,19H,3-11,15,18H2,1-2H3,(H,25,26). The largest absolute Gasteiger partial charge is 0.476 e. The molecule has 6 nitrogen and oxygen atoms in total. The lowest BCUT2D eigenvalue weighted by Crippen LogP contribution is -2.40. The maximum Gasteiger partial charge on any atom is 0.476 e. The molecule has 0 saturated heterocycles. The van der Waals surface area contributed by atoms with Gasteiger partial charge in [0.15, 0.2) is 6.04 Å². The smallest absolute Gasteiger partial charge is 0.379 e. The molecule has 2 unspecified atom stereocenters. The Morgan fingerprint density at radius 2 is 1.55 bits per heavy atom. The van der Waals surface area contributed by atoms with Crippen LogP contribution in [0, 0.1) is 0 Å². The van der Waals surface area contributed by atoms with Gasteiger partial charge in [0.05, 0.1) is 12.3 Å². The van der Waals surface area contributed by atoms with E-state index in [1.807, 2.05) is 18.2 Å². The highest BCUT2D eigenvalue weighted by Gasteiger charge is 2.30. The summed E-state index contributed by atoms with van der Waals surface area (Å²) >= 11 is 5.15. The second kappa shape index (κ2) is 14.8. The lowest BCUT2D eigenvalue weighted by atomic mass is 10.1. The van der Waals surface area contributed by atoms with E-state index >= 15 is 0 Å². The molecular formula is C21H35ClNO5P. The molecule has 0 radical (unpaired) electrons.